The number of nitrogens with zero attached hydrogens (tertiary/aromatic N) is 2. The van der Waals surface area contributed by atoms with E-state index in [1.54, 1.807) is 36.7 Å². The minimum atomic E-state index is -0.140. The zero-order valence-electron chi connectivity index (χ0n) is 11.7. The Kier molecular flexibility index (Phi) is 3.19. The monoisotopic (exact) mass is 280 g/mol. The molecule has 3 rings (SSSR count). The third-order valence-electron chi connectivity index (χ3n) is 3.52. The van der Waals surface area contributed by atoms with Crippen LogP contribution in [0, 0.1) is 0 Å². The van der Waals surface area contributed by atoms with Crippen molar-refractivity contribution in [2.45, 2.75) is 13.0 Å². The van der Waals surface area contributed by atoms with E-state index in [1.165, 1.54) is 4.57 Å². The number of anilines is 1. The van der Waals surface area contributed by atoms with Gasteiger partial charge in [-0.2, -0.15) is 0 Å². The van der Waals surface area contributed by atoms with Crippen LogP contribution in [-0.2, 0) is 0 Å². The molecule has 2 heterocycles. The zero-order chi connectivity index (χ0) is 15.0. The molecule has 0 fully saturated rings. The lowest BCUT2D eigenvalue weighted by Gasteiger charge is -2.07. The Balaban J connectivity index is 2.02. The average Bonchev–Trinajstić information content (AvgIpc) is 2.92. The van der Waals surface area contributed by atoms with Gasteiger partial charge in [0.15, 0.2) is 0 Å². The van der Waals surface area contributed by atoms with Gasteiger partial charge in [-0.3, -0.25) is 9.36 Å². The van der Waals surface area contributed by atoms with Gasteiger partial charge in [0, 0.05) is 35.1 Å². The van der Waals surface area contributed by atoms with Gasteiger partial charge in [0.05, 0.1) is 0 Å². The normalized spacial score (nSPS) is 12.5. The lowest BCUT2D eigenvalue weighted by Crippen LogP contribution is -2.12. The molecule has 1 atom stereocenters. The van der Waals surface area contributed by atoms with Crippen LogP contribution in [0.15, 0.2) is 48.8 Å². The second kappa shape index (κ2) is 5.03. The Hall–Kier alpha value is -2.66. The number of aromatic nitrogens is 2. The molecular formula is C16H16N4O. The fourth-order valence-electron chi connectivity index (χ4n) is 2.29. The van der Waals surface area contributed by atoms with Crippen molar-refractivity contribution < 1.29 is 4.79 Å². The van der Waals surface area contributed by atoms with Crippen LogP contribution in [0.5, 0.6) is 0 Å². The fraction of sp³-hybridized carbons (Fsp3) is 0.125. The SMILES string of the molecule is C[C@@H](N)c1ccc(C(=O)n2ccc3c(N)ccnc32)cc1. The van der Waals surface area contributed by atoms with Crippen LogP contribution in [0.1, 0.15) is 28.9 Å². The standard InChI is InChI=1S/C16H16N4O/c1-10(17)11-2-4-12(5-3-11)16(21)20-9-7-13-14(18)6-8-19-15(13)20/h2-10H,17H2,1H3,(H2,18,19)/t10-/m1/s1. The molecular weight excluding hydrogens is 264 g/mol. The molecule has 5 heteroatoms. The number of rotatable bonds is 2. The van der Waals surface area contributed by atoms with Crippen molar-refractivity contribution in [3.8, 4) is 0 Å². The van der Waals surface area contributed by atoms with Crippen LogP contribution < -0.4 is 11.5 Å². The summed E-state index contributed by atoms with van der Waals surface area (Å²) in [5.74, 6) is -0.140. The summed E-state index contributed by atoms with van der Waals surface area (Å²) in [4.78, 5) is 16.8. The minimum Gasteiger partial charge on any atom is -0.398 e. The highest BCUT2D eigenvalue weighted by Crippen LogP contribution is 2.21. The molecule has 0 radical (unpaired) electrons. The van der Waals surface area contributed by atoms with Gasteiger partial charge in [0.2, 0.25) is 0 Å². The number of nitrogen functional groups attached to an aromatic ring is 1. The second-order valence-corrected chi connectivity index (χ2v) is 5.04. The quantitative estimate of drug-likeness (QED) is 0.754. The van der Waals surface area contributed by atoms with Gasteiger partial charge in [-0.1, -0.05) is 12.1 Å². The molecule has 0 saturated carbocycles. The van der Waals surface area contributed by atoms with E-state index in [1.807, 2.05) is 19.1 Å². The van der Waals surface area contributed by atoms with Crippen LogP contribution >= 0.6 is 0 Å². The fourth-order valence-corrected chi connectivity index (χ4v) is 2.29. The Bertz CT molecular complexity index is 803. The summed E-state index contributed by atoms with van der Waals surface area (Å²) in [5, 5.41) is 0.776. The first kappa shape index (κ1) is 13.3. The smallest absolute Gasteiger partial charge is 0.263 e. The van der Waals surface area contributed by atoms with Crippen molar-refractivity contribution in [2.24, 2.45) is 5.73 Å². The van der Waals surface area contributed by atoms with E-state index in [0.717, 1.165) is 10.9 Å². The molecule has 4 N–H and O–H groups in total. The predicted octanol–water partition coefficient (Wildman–Crippen LogP) is 2.33. The Morgan fingerprint density at radius 3 is 2.57 bits per heavy atom. The number of benzene rings is 1. The maximum absolute atomic E-state index is 12.6. The third kappa shape index (κ3) is 2.28. The summed E-state index contributed by atoms with van der Waals surface area (Å²) >= 11 is 0. The highest BCUT2D eigenvalue weighted by atomic mass is 16.2. The zero-order valence-corrected chi connectivity index (χ0v) is 11.7. The lowest BCUT2D eigenvalue weighted by molar-refractivity contribution is 0.0964. The molecule has 0 aliphatic heterocycles. The van der Waals surface area contributed by atoms with Crippen molar-refractivity contribution in [3.63, 3.8) is 0 Å². The Morgan fingerprint density at radius 1 is 1.19 bits per heavy atom. The van der Waals surface area contributed by atoms with Gasteiger partial charge >= 0.3 is 0 Å². The number of carbonyl (C=O) groups is 1. The summed E-state index contributed by atoms with van der Waals surface area (Å²) in [6.45, 7) is 1.91. The molecule has 3 aromatic rings. The molecule has 0 amide bonds. The molecule has 0 saturated heterocycles. The first-order valence-electron chi connectivity index (χ1n) is 6.69. The van der Waals surface area contributed by atoms with E-state index in [9.17, 15) is 4.79 Å². The van der Waals surface area contributed by atoms with Crippen LogP contribution in [0.3, 0.4) is 0 Å². The summed E-state index contributed by atoms with van der Waals surface area (Å²) in [6, 6.07) is 10.7. The molecule has 2 aromatic heterocycles. The molecule has 5 nitrogen and oxygen atoms in total. The van der Waals surface area contributed by atoms with E-state index in [-0.39, 0.29) is 11.9 Å². The third-order valence-corrected chi connectivity index (χ3v) is 3.52. The van der Waals surface area contributed by atoms with Gasteiger partial charge in [-0.25, -0.2) is 4.98 Å². The number of pyridine rings is 1. The molecule has 1 aromatic carbocycles. The maximum Gasteiger partial charge on any atom is 0.263 e. The van der Waals surface area contributed by atoms with Crippen molar-refractivity contribution in [1.29, 1.82) is 0 Å². The van der Waals surface area contributed by atoms with Crippen molar-refractivity contribution >= 4 is 22.6 Å². The molecule has 0 bridgehead atoms. The van der Waals surface area contributed by atoms with E-state index in [4.69, 9.17) is 11.5 Å². The van der Waals surface area contributed by atoms with Crippen molar-refractivity contribution in [3.05, 3.63) is 59.9 Å². The molecule has 106 valence electrons. The number of nitrogens with two attached hydrogens (primary N) is 2. The van der Waals surface area contributed by atoms with Crippen LogP contribution in [0.4, 0.5) is 5.69 Å². The number of fused-ring (bicyclic) bond motifs is 1. The highest BCUT2D eigenvalue weighted by Gasteiger charge is 2.13. The van der Waals surface area contributed by atoms with Gasteiger partial charge in [-0.15, -0.1) is 0 Å². The van der Waals surface area contributed by atoms with Gasteiger partial charge in [-0.05, 0) is 36.8 Å². The molecule has 21 heavy (non-hydrogen) atoms. The number of hydrogen-bond donors (Lipinski definition) is 2. The van der Waals surface area contributed by atoms with Gasteiger partial charge in [0.1, 0.15) is 5.65 Å². The molecule has 0 spiro atoms. The topological polar surface area (TPSA) is 86.9 Å². The van der Waals surface area contributed by atoms with Gasteiger partial charge < -0.3 is 11.5 Å². The number of hydrogen-bond acceptors (Lipinski definition) is 4. The summed E-state index contributed by atoms with van der Waals surface area (Å²) < 4.78 is 1.51. The van der Waals surface area contributed by atoms with Gasteiger partial charge in [0.25, 0.3) is 5.91 Å². The summed E-state index contributed by atoms with van der Waals surface area (Å²) in [6.07, 6.45) is 3.29. The van der Waals surface area contributed by atoms with E-state index < -0.39 is 0 Å². The van der Waals surface area contributed by atoms with E-state index >= 15 is 0 Å². The average molecular weight is 280 g/mol. The predicted molar refractivity (Wildman–Crippen MR) is 82.9 cm³/mol. The summed E-state index contributed by atoms with van der Waals surface area (Å²) in [5.41, 5.74) is 14.4. The lowest BCUT2D eigenvalue weighted by atomic mass is 10.1. The molecule has 0 aliphatic carbocycles. The maximum atomic E-state index is 12.6. The Labute approximate surface area is 122 Å². The first-order valence-corrected chi connectivity index (χ1v) is 6.69. The summed E-state index contributed by atoms with van der Waals surface area (Å²) in [7, 11) is 0. The highest BCUT2D eigenvalue weighted by molar-refractivity contribution is 6.03. The largest absolute Gasteiger partial charge is 0.398 e. The minimum absolute atomic E-state index is 0.0528. The van der Waals surface area contributed by atoms with Crippen LogP contribution in [-0.4, -0.2) is 15.5 Å². The number of carbonyl (C=O) groups excluding carboxylic acids is 1. The van der Waals surface area contributed by atoms with Crippen molar-refractivity contribution in [1.82, 2.24) is 9.55 Å². The van der Waals surface area contributed by atoms with Crippen LogP contribution in [0.2, 0.25) is 0 Å². The first-order chi connectivity index (χ1) is 10.1. The van der Waals surface area contributed by atoms with Crippen LogP contribution in [0.25, 0.3) is 11.0 Å². The molecule has 0 aliphatic rings. The van der Waals surface area contributed by atoms with Crippen molar-refractivity contribution in [2.75, 3.05) is 5.73 Å². The van der Waals surface area contributed by atoms with E-state index in [0.29, 0.717) is 16.9 Å². The molecule has 0 unspecified atom stereocenters. The Morgan fingerprint density at radius 2 is 1.90 bits per heavy atom. The van der Waals surface area contributed by atoms with E-state index in [2.05, 4.69) is 4.98 Å². The second-order valence-electron chi connectivity index (χ2n) is 5.04.